The molecule has 27 heavy (non-hydrogen) atoms. The molecule has 0 saturated heterocycles. The molecule has 2 aliphatic carbocycles. The van der Waals surface area contributed by atoms with Gasteiger partial charge in [0.25, 0.3) is 0 Å². The molecule has 1 heterocycles. The lowest BCUT2D eigenvalue weighted by atomic mass is 9.84. The minimum absolute atomic E-state index is 0.0450. The third-order valence-corrected chi connectivity index (χ3v) is 5.69. The number of hydrogen-bond acceptors (Lipinski definition) is 5. The van der Waals surface area contributed by atoms with E-state index in [1.54, 1.807) is 0 Å². The molecule has 2 aromatic rings. The Morgan fingerprint density at radius 3 is 2.70 bits per heavy atom. The van der Waals surface area contributed by atoms with Gasteiger partial charge in [-0.05, 0) is 36.7 Å². The van der Waals surface area contributed by atoms with Gasteiger partial charge in [0.15, 0.2) is 0 Å². The first kappa shape index (κ1) is 17.7. The molecule has 2 amide bonds. The molecule has 4 unspecified atom stereocenters. The molecule has 2 bridgehead atoms. The number of aromatic nitrogens is 3. The van der Waals surface area contributed by atoms with Crippen molar-refractivity contribution in [3.05, 3.63) is 42.2 Å². The molecule has 0 aliphatic heterocycles. The third-order valence-electron chi connectivity index (χ3n) is 5.69. The lowest BCUT2D eigenvalue weighted by molar-refractivity contribution is -0.122. The molecule has 4 atom stereocenters. The maximum absolute atomic E-state index is 12.5. The van der Waals surface area contributed by atoms with Crippen molar-refractivity contribution in [1.82, 2.24) is 20.1 Å². The minimum Gasteiger partial charge on any atom is -0.350 e. The Kier molecular flexibility index (Phi) is 4.89. The smallest absolute Gasteiger partial charge is 0.248 e. The van der Waals surface area contributed by atoms with Crippen LogP contribution >= 0.6 is 0 Å². The van der Waals surface area contributed by atoms with Crippen LogP contribution in [-0.2, 0) is 22.7 Å². The molecule has 8 heteroatoms. The van der Waals surface area contributed by atoms with Crippen molar-refractivity contribution in [3.8, 4) is 0 Å². The van der Waals surface area contributed by atoms with Crippen molar-refractivity contribution in [2.75, 3.05) is 5.32 Å². The van der Waals surface area contributed by atoms with Gasteiger partial charge in [0.1, 0.15) is 12.9 Å². The standard InChI is InChI=1S/C19H24N6O2/c20-17-14-7-6-13(8-14)16(17)18(27)23-19-22-11-25(24-19)10-15(26)21-9-12-4-2-1-3-5-12/h1-5,11,13-14,16-17H,6-10,20H2,(H,21,26)(H,23,24,27). The molecule has 0 radical (unpaired) electrons. The zero-order valence-corrected chi connectivity index (χ0v) is 15.0. The summed E-state index contributed by atoms with van der Waals surface area (Å²) < 4.78 is 1.41. The lowest BCUT2D eigenvalue weighted by Crippen LogP contribution is -2.42. The first-order chi connectivity index (χ1) is 13.1. The molecular weight excluding hydrogens is 344 g/mol. The number of amides is 2. The number of carbonyl (C=O) groups is 2. The highest BCUT2D eigenvalue weighted by molar-refractivity contribution is 5.92. The van der Waals surface area contributed by atoms with Crippen molar-refractivity contribution in [2.24, 2.45) is 23.5 Å². The van der Waals surface area contributed by atoms with E-state index in [0.29, 0.717) is 18.4 Å². The van der Waals surface area contributed by atoms with Gasteiger partial charge >= 0.3 is 0 Å². The fourth-order valence-electron chi connectivity index (χ4n) is 4.35. The van der Waals surface area contributed by atoms with Crippen molar-refractivity contribution >= 4 is 17.8 Å². The Balaban J connectivity index is 1.28. The topological polar surface area (TPSA) is 115 Å². The minimum atomic E-state index is -0.170. The summed E-state index contributed by atoms with van der Waals surface area (Å²) in [4.78, 5) is 28.7. The quantitative estimate of drug-likeness (QED) is 0.701. The van der Waals surface area contributed by atoms with Gasteiger partial charge in [-0.25, -0.2) is 9.67 Å². The van der Waals surface area contributed by atoms with Crippen molar-refractivity contribution < 1.29 is 9.59 Å². The molecule has 1 aromatic carbocycles. The van der Waals surface area contributed by atoms with Crippen LogP contribution in [0.1, 0.15) is 24.8 Å². The summed E-state index contributed by atoms with van der Waals surface area (Å²) in [5.41, 5.74) is 7.24. The van der Waals surface area contributed by atoms with Crippen molar-refractivity contribution in [1.29, 1.82) is 0 Å². The molecule has 2 aliphatic rings. The largest absolute Gasteiger partial charge is 0.350 e. The summed E-state index contributed by atoms with van der Waals surface area (Å²) in [5, 5.41) is 9.77. The summed E-state index contributed by atoms with van der Waals surface area (Å²) >= 11 is 0. The Bertz CT molecular complexity index is 819. The zero-order chi connectivity index (χ0) is 18.8. The number of anilines is 1. The van der Waals surface area contributed by atoms with E-state index in [4.69, 9.17) is 5.73 Å². The summed E-state index contributed by atoms with van der Waals surface area (Å²) in [6.07, 6.45) is 4.68. The second-order valence-corrected chi connectivity index (χ2v) is 7.45. The second-order valence-electron chi connectivity index (χ2n) is 7.45. The molecule has 142 valence electrons. The van der Waals surface area contributed by atoms with E-state index >= 15 is 0 Å². The van der Waals surface area contributed by atoms with Crippen molar-refractivity contribution in [3.63, 3.8) is 0 Å². The first-order valence-electron chi connectivity index (χ1n) is 9.36. The summed E-state index contributed by atoms with van der Waals surface area (Å²) in [6.45, 7) is 0.503. The number of nitrogens with zero attached hydrogens (tertiary/aromatic N) is 3. The number of benzene rings is 1. The molecule has 0 spiro atoms. The summed E-state index contributed by atoms with van der Waals surface area (Å²) in [6, 6.07) is 9.61. The van der Waals surface area contributed by atoms with Crippen LogP contribution in [0.15, 0.2) is 36.7 Å². The fraction of sp³-hybridized carbons (Fsp3) is 0.474. The van der Waals surface area contributed by atoms with E-state index in [1.165, 1.54) is 11.0 Å². The van der Waals surface area contributed by atoms with Crippen LogP contribution in [0, 0.1) is 17.8 Å². The zero-order valence-electron chi connectivity index (χ0n) is 15.0. The van der Waals surface area contributed by atoms with Crippen LogP contribution in [0.5, 0.6) is 0 Å². The van der Waals surface area contributed by atoms with Gasteiger partial charge in [-0.2, -0.15) is 0 Å². The molecule has 2 saturated carbocycles. The van der Waals surface area contributed by atoms with E-state index in [9.17, 15) is 9.59 Å². The van der Waals surface area contributed by atoms with Crippen LogP contribution < -0.4 is 16.4 Å². The third kappa shape index (κ3) is 3.85. The predicted octanol–water partition coefficient (Wildman–Crippen LogP) is 0.906. The first-order valence-corrected chi connectivity index (χ1v) is 9.36. The van der Waals surface area contributed by atoms with Crippen LogP contribution in [0.4, 0.5) is 5.95 Å². The van der Waals surface area contributed by atoms with Gasteiger partial charge in [0.2, 0.25) is 17.8 Å². The fourth-order valence-corrected chi connectivity index (χ4v) is 4.35. The lowest BCUT2D eigenvalue weighted by Gasteiger charge is -2.26. The van der Waals surface area contributed by atoms with Gasteiger partial charge in [-0.3, -0.25) is 14.9 Å². The van der Waals surface area contributed by atoms with Crippen molar-refractivity contribution in [2.45, 2.75) is 38.4 Å². The molecular formula is C19H24N6O2. The SMILES string of the molecule is NC1C2CCC(C2)C1C(=O)Nc1ncn(CC(=O)NCc2ccccc2)n1. The van der Waals surface area contributed by atoms with E-state index in [-0.39, 0.29) is 36.3 Å². The van der Waals surface area contributed by atoms with E-state index < -0.39 is 0 Å². The Morgan fingerprint density at radius 1 is 1.19 bits per heavy atom. The van der Waals surface area contributed by atoms with E-state index in [0.717, 1.165) is 24.8 Å². The molecule has 8 nitrogen and oxygen atoms in total. The number of rotatable bonds is 6. The number of nitrogens with one attached hydrogen (secondary N) is 2. The maximum atomic E-state index is 12.5. The second kappa shape index (κ2) is 7.48. The number of nitrogens with two attached hydrogens (primary N) is 1. The Hall–Kier alpha value is -2.74. The highest BCUT2D eigenvalue weighted by atomic mass is 16.2. The number of hydrogen-bond donors (Lipinski definition) is 3. The van der Waals surface area contributed by atoms with Crippen LogP contribution in [0.25, 0.3) is 0 Å². The maximum Gasteiger partial charge on any atom is 0.248 e. The molecule has 4 rings (SSSR count). The summed E-state index contributed by atoms with van der Waals surface area (Å²) in [5.74, 6) is 0.605. The molecule has 2 fully saturated rings. The molecule has 4 N–H and O–H groups in total. The average Bonchev–Trinajstić information content (AvgIpc) is 3.37. The van der Waals surface area contributed by atoms with Gasteiger partial charge in [0.05, 0.1) is 5.92 Å². The number of fused-ring (bicyclic) bond motifs is 2. The Morgan fingerprint density at radius 2 is 1.96 bits per heavy atom. The van der Waals surface area contributed by atoms with Crippen LogP contribution in [0.2, 0.25) is 0 Å². The monoisotopic (exact) mass is 368 g/mol. The van der Waals surface area contributed by atoms with E-state index in [1.807, 2.05) is 30.3 Å². The predicted molar refractivity (Wildman–Crippen MR) is 99.2 cm³/mol. The van der Waals surface area contributed by atoms with E-state index in [2.05, 4.69) is 20.7 Å². The number of carbonyl (C=O) groups excluding carboxylic acids is 2. The summed E-state index contributed by atoms with van der Waals surface area (Å²) in [7, 11) is 0. The highest BCUT2D eigenvalue weighted by Gasteiger charge is 2.49. The van der Waals surface area contributed by atoms with Gasteiger partial charge in [-0.15, -0.1) is 5.10 Å². The van der Waals surface area contributed by atoms with Gasteiger partial charge in [0, 0.05) is 12.6 Å². The average molecular weight is 368 g/mol. The normalized spacial score (nSPS) is 26.1. The van der Waals surface area contributed by atoms with Gasteiger partial charge < -0.3 is 11.1 Å². The van der Waals surface area contributed by atoms with Crippen LogP contribution in [0.3, 0.4) is 0 Å². The van der Waals surface area contributed by atoms with Gasteiger partial charge in [-0.1, -0.05) is 30.3 Å². The molecule has 1 aromatic heterocycles. The Labute approximate surface area is 157 Å². The van der Waals surface area contributed by atoms with Crippen LogP contribution in [-0.4, -0.2) is 32.6 Å². The highest BCUT2D eigenvalue weighted by Crippen LogP contribution is 2.47.